The maximum atomic E-state index is 15.0. The van der Waals surface area contributed by atoms with Crippen molar-refractivity contribution < 1.29 is 26.3 Å². The molecule has 4 aromatic rings. The fourth-order valence-electron chi connectivity index (χ4n) is 5.11. The molecule has 1 aliphatic carbocycles. The number of aryl methyl sites for hydroxylation is 1. The minimum absolute atomic E-state index is 0.213. The first kappa shape index (κ1) is 28.2. The van der Waals surface area contributed by atoms with Gasteiger partial charge in [-0.15, -0.1) is 0 Å². The smallest absolute Gasteiger partial charge is 0.252 e. The Morgan fingerprint density at radius 3 is 2.67 bits per heavy atom. The van der Waals surface area contributed by atoms with Gasteiger partial charge in [-0.25, -0.2) is 36.5 Å². The summed E-state index contributed by atoms with van der Waals surface area (Å²) in [5.74, 6) is -4.88. The number of sulfonamides is 1. The average molecular weight is 599 g/mol. The van der Waals surface area contributed by atoms with Crippen LogP contribution in [0.25, 0.3) is 22.0 Å². The van der Waals surface area contributed by atoms with E-state index in [1.54, 1.807) is 43.6 Å². The molecular weight excluding hydrogens is 569 g/mol. The molecule has 2 aromatic heterocycles. The monoisotopic (exact) mass is 598 g/mol. The Kier molecular flexibility index (Phi) is 7.39. The van der Waals surface area contributed by atoms with E-state index in [4.69, 9.17) is 4.74 Å². The summed E-state index contributed by atoms with van der Waals surface area (Å²) < 4.78 is 75.5. The molecule has 9 nitrogen and oxygen atoms in total. The van der Waals surface area contributed by atoms with E-state index in [2.05, 4.69) is 30.3 Å². The number of rotatable bonds is 9. The lowest BCUT2D eigenvalue weighted by Gasteiger charge is -2.23. The topological polar surface area (TPSA) is 118 Å². The summed E-state index contributed by atoms with van der Waals surface area (Å²) >= 11 is 0. The molecule has 0 spiro atoms. The van der Waals surface area contributed by atoms with Crippen LogP contribution in [0.1, 0.15) is 24.8 Å². The van der Waals surface area contributed by atoms with Gasteiger partial charge in [0.15, 0.2) is 0 Å². The van der Waals surface area contributed by atoms with Crippen molar-refractivity contribution >= 4 is 32.4 Å². The molecular formula is C29H29F3N6O3S. The Morgan fingerprint density at radius 1 is 1.10 bits per heavy atom. The Bertz CT molecular complexity index is 1750. The molecule has 3 N–H and O–H groups in total. The third kappa shape index (κ3) is 5.97. The number of alkyl halides is 2. The van der Waals surface area contributed by atoms with Gasteiger partial charge >= 0.3 is 0 Å². The van der Waals surface area contributed by atoms with Gasteiger partial charge in [0, 0.05) is 48.1 Å². The lowest BCUT2D eigenvalue weighted by molar-refractivity contribution is 0.103. The van der Waals surface area contributed by atoms with E-state index in [1.807, 2.05) is 6.07 Å². The average Bonchev–Trinajstić information content (AvgIpc) is 3.56. The number of hydrogen-bond donors (Lipinski definition) is 3. The second-order valence-corrected chi connectivity index (χ2v) is 12.5. The van der Waals surface area contributed by atoms with Crippen LogP contribution >= 0.6 is 0 Å². The molecule has 220 valence electrons. The second-order valence-electron chi connectivity index (χ2n) is 10.7. The Hall–Kier alpha value is -3.97. The number of nitrogens with zero attached hydrogens (tertiary/aromatic N) is 3. The molecule has 42 heavy (non-hydrogen) atoms. The van der Waals surface area contributed by atoms with Gasteiger partial charge in [0.1, 0.15) is 11.6 Å². The molecule has 6 rings (SSSR count). The van der Waals surface area contributed by atoms with Crippen LogP contribution in [0.4, 0.5) is 24.8 Å². The lowest BCUT2D eigenvalue weighted by Crippen LogP contribution is -2.38. The summed E-state index contributed by atoms with van der Waals surface area (Å²) in [6.45, 7) is 3.61. The van der Waals surface area contributed by atoms with Crippen LogP contribution in [0.5, 0.6) is 11.6 Å². The van der Waals surface area contributed by atoms with Crippen molar-refractivity contribution in [2.24, 2.45) is 5.92 Å². The predicted octanol–water partition coefficient (Wildman–Crippen LogP) is 5.49. The molecule has 2 aliphatic rings. The normalized spacial score (nSPS) is 19.8. The lowest BCUT2D eigenvalue weighted by atomic mass is 10.0. The van der Waals surface area contributed by atoms with Gasteiger partial charge in [-0.1, -0.05) is 12.1 Å². The highest BCUT2D eigenvalue weighted by atomic mass is 32.2. The standard InChI is InChI=1S/C29H29F3N6O3S/c1-17-6-7-20-21(8-9-23(30)25(20)38-42(39,40)16-18-14-29(18,31)32)26(17)41-27-22(5-3-12-34-27)24-10-13-35-28(37-24)36-19-4-2-11-33-15-19/h3,5-10,12-13,18-19,33,38H,2,4,11,14-16H2,1H3,(H,35,36,37)/t18?,19-/m0/s1. The SMILES string of the molecule is Cc1ccc2c(NS(=O)(=O)CC3CC3(F)F)c(F)ccc2c1Oc1ncccc1-c1ccnc(N[C@H]2CCCNC2)n1. The van der Waals surface area contributed by atoms with Crippen LogP contribution in [-0.4, -0.2) is 54.2 Å². The maximum absolute atomic E-state index is 15.0. The van der Waals surface area contributed by atoms with Gasteiger partial charge in [0.25, 0.3) is 5.92 Å². The second kappa shape index (κ2) is 11.0. The van der Waals surface area contributed by atoms with E-state index in [9.17, 15) is 21.6 Å². The molecule has 0 bridgehead atoms. The first-order valence-corrected chi connectivity index (χ1v) is 15.3. The number of anilines is 2. The van der Waals surface area contributed by atoms with Crippen molar-refractivity contribution in [2.75, 3.05) is 28.9 Å². The summed E-state index contributed by atoms with van der Waals surface area (Å²) in [6, 6.07) is 11.3. The Labute approximate surface area is 241 Å². The van der Waals surface area contributed by atoms with E-state index < -0.39 is 39.9 Å². The van der Waals surface area contributed by atoms with Crippen molar-refractivity contribution in [3.05, 3.63) is 66.2 Å². The third-order valence-electron chi connectivity index (χ3n) is 7.46. The van der Waals surface area contributed by atoms with Crippen molar-refractivity contribution in [3.8, 4) is 22.9 Å². The van der Waals surface area contributed by atoms with Gasteiger partial charge < -0.3 is 15.4 Å². The van der Waals surface area contributed by atoms with E-state index in [1.165, 1.54) is 6.07 Å². The number of nitrogens with one attached hydrogen (secondary N) is 3. The van der Waals surface area contributed by atoms with E-state index in [-0.39, 0.29) is 23.0 Å². The van der Waals surface area contributed by atoms with Crippen LogP contribution in [0.2, 0.25) is 0 Å². The zero-order valence-corrected chi connectivity index (χ0v) is 23.5. The minimum Gasteiger partial charge on any atom is -0.437 e. The van der Waals surface area contributed by atoms with Gasteiger partial charge in [0.05, 0.1) is 22.7 Å². The Balaban J connectivity index is 1.32. The highest BCUT2D eigenvalue weighted by Gasteiger charge is 2.58. The summed E-state index contributed by atoms with van der Waals surface area (Å²) in [5.41, 5.74) is 1.53. The number of ether oxygens (including phenoxy) is 1. The van der Waals surface area contributed by atoms with Gasteiger partial charge in [-0.05, 0) is 62.2 Å². The number of fused-ring (bicyclic) bond motifs is 1. The number of hydrogen-bond acceptors (Lipinski definition) is 8. The molecule has 1 unspecified atom stereocenters. The number of benzene rings is 2. The van der Waals surface area contributed by atoms with Gasteiger partial charge in [0.2, 0.25) is 21.9 Å². The van der Waals surface area contributed by atoms with E-state index >= 15 is 0 Å². The highest BCUT2D eigenvalue weighted by Crippen LogP contribution is 2.49. The van der Waals surface area contributed by atoms with Crippen LogP contribution in [0.3, 0.4) is 0 Å². The summed E-state index contributed by atoms with van der Waals surface area (Å²) in [7, 11) is -4.24. The van der Waals surface area contributed by atoms with Crippen molar-refractivity contribution in [2.45, 2.75) is 38.2 Å². The molecule has 3 heterocycles. The molecule has 1 saturated carbocycles. The van der Waals surface area contributed by atoms with Crippen LogP contribution in [-0.2, 0) is 10.0 Å². The number of pyridine rings is 1. The zero-order chi connectivity index (χ0) is 29.5. The fraction of sp³-hybridized carbons (Fsp3) is 0.345. The quantitative estimate of drug-likeness (QED) is 0.232. The van der Waals surface area contributed by atoms with E-state index in [0.717, 1.165) is 32.0 Å². The number of halogens is 3. The largest absolute Gasteiger partial charge is 0.437 e. The first-order valence-electron chi connectivity index (χ1n) is 13.6. The number of aromatic nitrogens is 3. The van der Waals surface area contributed by atoms with Gasteiger partial charge in [-0.3, -0.25) is 4.72 Å². The van der Waals surface area contributed by atoms with Crippen LogP contribution < -0.4 is 20.1 Å². The number of piperidine rings is 1. The first-order chi connectivity index (χ1) is 20.1. The fourth-order valence-corrected chi connectivity index (χ4v) is 6.60. The molecule has 1 saturated heterocycles. The molecule has 1 aliphatic heterocycles. The molecule has 2 aromatic carbocycles. The van der Waals surface area contributed by atoms with Crippen molar-refractivity contribution in [3.63, 3.8) is 0 Å². The summed E-state index contributed by atoms with van der Waals surface area (Å²) in [6.07, 6.45) is 4.79. The summed E-state index contributed by atoms with van der Waals surface area (Å²) in [4.78, 5) is 13.5. The maximum Gasteiger partial charge on any atom is 0.252 e. The molecule has 0 amide bonds. The highest BCUT2D eigenvalue weighted by molar-refractivity contribution is 7.92. The molecule has 0 radical (unpaired) electrons. The molecule has 2 atom stereocenters. The predicted molar refractivity (Wildman–Crippen MR) is 154 cm³/mol. The molecule has 13 heteroatoms. The van der Waals surface area contributed by atoms with E-state index in [0.29, 0.717) is 33.9 Å². The van der Waals surface area contributed by atoms with Crippen molar-refractivity contribution in [1.82, 2.24) is 20.3 Å². The Morgan fingerprint density at radius 2 is 1.90 bits per heavy atom. The third-order valence-corrected chi connectivity index (χ3v) is 8.82. The zero-order valence-electron chi connectivity index (χ0n) is 22.7. The molecule has 2 fully saturated rings. The minimum atomic E-state index is -4.24. The summed E-state index contributed by atoms with van der Waals surface area (Å²) in [5, 5.41) is 7.35. The van der Waals surface area contributed by atoms with Crippen molar-refractivity contribution in [1.29, 1.82) is 0 Å². The van der Waals surface area contributed by atoms with Gasteiger partial charge in [-0.2, -0.15) is 0 Å². The van der Waals surface area contributed by atoms with Crippen LogP contribution in [0.15, 0.2) is 54.9 Å². The van der Waals surface area contributed by atoms with Crippen LogP contribution in [0, 0.1) is 18.7 Å².